The highest BCUT2D eigenvalue weighted by molar-refractivity contribution is 7.26. The van der Waals surface area contributed by atoms with E-state index in [9.17, 15) is 0 Å². The molecule has 0 atom stereocenters. The van der Waals surface area contributed by atoms with Crippen LogP contribution < -0.4 is 0 Å². The zero-order chi connectivity index (χ0) is 59.1. The van der Waals surface area contributed by atoms with E-state index in [0.717, 1.165) is 57.6 Å². The smallest absolute Gasteiger partial charge is 0.172 e. The van der Waals surface area contributed by atoms with Gasteiger partial charge in [-0.05, 0) is 132 Å². The second-order valence-electron chi connectivity index (χ2n) is 19.8. The SMILES string of the molecule is C1=Cc2[nH]ccc2C1.C1=Cc2occc2C1.c1cc2occc2o1.c1cc2sccc2o1.c1cc2sccc2s1.c1ccc2c(c1)[nH]c1ccccc12.c1ccc2c(c1)oc1ccccc12.c1ccc2c(c1)sc1ccccc12.c1ccc2nsnc2c1. The number of benzene rings is 7. The van der Waals surface area contributed by atoms with E-state index in [-0.39, 0.29) is 0 Å². The van der Waals surface area contributed by atoms with Gasteiger partial charge in [0.05, 0.1) is 41.5 Å². The highest BCUT2D eigenvalue weighted by atomic mass is 32.1. The number of fused-ring (bicyclic) bond motifs is 15. The first kappa shape index (κ1) is 57.0. The normalized spacial score (nSPS) is 11.5. The van der Waals surface area contributed by atoms with E-state index >= 15 is 0 Å². The quantitative estimate of drug-likeness (QED) is 0.155. The molecule has 0 amide bonds. The van der Waals surface area contributed by atoms with E-state index < -0.39 is 0 Å². The number of allylic oxidation sites excluding steroid dienone is 2. The summed E-state index contributed by atoms with van der Waals surface area (Å²) in [6.45, 7) is 0. The number of furan rings is 5. The van der Waals surface area contributed by atoms with Crippen LogP contribution in [-0.4, -0.2) is 18.7 Å². The van der Waals surface area contributed by atoms with Gasteiger partial charge in [-0.1, -0.05) is 133 Å². The average molecular weight is 1240 g/mol. The molecule has 9 nitrogen and oxygen atoms in total. The van der Waals surface area contributed by atoms with Gasteiger partial charge >= 0.3 is 0 Å². The summed E-state index contributed by atoms with van der Waals surface area (Å²) in [7, 11) is 0. The monoisotopic (exact) mass is 1240 g/mol. The lowest BCUT2D eigenvalue weighted by Gasteiger charge is -1.88. The first-order valence-electron chi connectivity index (χ1n) is 28.3. The Morgan fingerprint density at radius 3 is 1.44 bits per heavy atom. The zero-order valence-corrected chi connectivity index (χ0v) is 51.2. The van der Waals surface area contributed by atoms with E-state index in [0.29, 0.717) is 0 Å². The second-order valence-corrected chi connectivity index (χ2v) is 24.3. The van der Waals surface area contributed by atoms with Crippen LogP contribution in [0.15, 0.2) is 300 Å². The van der Waals surface area contributed by atoms with Gasteiger partial charge in [-0.3, -0.25) is 0 Å². The lowest BCUT2D eigenvalue weighted by atomic mass is 10.2. The minimum absolute atomic E-state index is 0.810. The minimum Gasteiger partial charge on any atom is -0.465 e. The minimum atomic E-state index is 0.810. The molecule has 0 radical (unpaired) electrons. The Kier molecular flexibility index (Phi) is 18.1. The van der Waals surface area contributed by atoms with Crippen molar-refractivity contribution in [1.29, 1.82) is 0 Å². The fraction of sp³-hybridized carbons (Fsp3) is 0.0270. The lowest BCUT2D eigenvalue weighted by molar-refractivity contribution is 0.556. The number of hydrogen-bond acceptors (Lipinski definition) is 12. The summed E-state index contributed by atoms with van der Waals surface area (Å²) >= 11 is 8.42. The van der Waals surface area contributed by atoms with Crippen molar-refractivity contribution >= 4 is 175 Å². The molecule has 0 saturated carbocycles. The van der Waals surface area contributed by atoms with Gasteiger partial charge in [-0.25, -0.2) is 0 Å². The van der Waals surface area contributed by atoms with Crippen LogP contribution in [0.25, 0.3) is 118 Å². The summed E-state index contributed by atoms with van der Waals surface area (Å²) < 4.78 is 40.6. The van der Waals surface area contributed by atoms with Gasteiger partial charge in [0.15, 0.2) is 11.2 Å². The number of hydrogen-bond donors (Lipinski definition) is 2. The van der Waals surface area contributed by atoms with Gasteiger partial charge in [0.2, 0.25) is 0 Å². The molecule has 0 spiro atoms. The number of aromatic nitrogens is 4. The molecule has 12 aromatic heterocycles. The third-order valence-corrected chi connectivity index (χ3v) is 18.7. The Bertz CT molecular complexity index is 4590. The predicted molar refractivity (Wildman–Crippen MR) is 374 cm³/mol. The highest BCUT2D eigenvalue weighted by Gasteiger charge is 2.07. The Hall–Kier alpha value is -10.1. The Morgan fingerprint density at radius 1 is 0.352 bits per heavy atom. The van der Waals surface area contributed by atoms with Crippen LogP contribution in [0.1, 0.15) is 22.6 Å². The molecule has 0 bridgehead atoms. The highest BCUT2D eigenvalue weighted by Crippen LogP contribution is 2.33. The molecule has 0 unspecified atom stereocenters. The summed E-state index contributed by atoms with van der Waals surface area (Å²) in [5, 5.41) is 14.0. The fourth-order valence-corrected chi connectivity index (χ4v) is 14.1. The van der Waals surface area contributed by atoms with E-state index in [1.165, 1.54) is 95.4 Å². The Labute approximate surface area is 525 Å². The van der Waals surface area contributed by atoms with Gasteiger partial charge in [-0.2, -0.15) is 8.75 Å². The van der Waals surface area contributed by atoms with Crippen molar-refractivity contribution in [1.82, 2.24) is 18.7 Å². The standard InChI is InChI=1S/C12H9N.C12H8O.C12H8S.C7H7N.C7H6O.C6H4N2S.C6H4O2.C6H4OS.C6H4S2/c3*1-3-7-11-9(5-1)10-6-2-4-8-12(10)13-11;2*1-2-6-4-5-8-7(6)3-1;1-2-4-6-5(3-1)7-9-8-6;1-3-7-6-2-4-8-5(1)6;1-3-7-5-2-4-8-6(1)5;1-3-7-6-2-4-8-5(1)6/h1-8,13H;2*1-8H;1,3-5,8H,2H2;1,3-5H,2H2;1-4H;3*1-4H. The fourth-order valence-electron chi connectivity index (χ4n) is 9.97. The molecule has 21 rings (SSSR count). The molecule has 14 heteroatoms. The van der Waals surface area contributed by atoms with E-state index in [2.05, 4.69) is 175 Å². The number of thiophene rings is 4. The average Bonchev–Trinajstić information content (AvgIpc) is 4.37. The largest absolute Gasteiger partial charge is 0.465 e. The third kappa shape index (κ3) is 13.6. The van der Waals surface area contributed by atoms with Gasteiger partial charge in [0.25, 0.3) is 0 Å². The van der Waals surface area contributed by atoms with Gasteiger partial charge < -0.3 is 32.1 Å². The number of nitrogens with zero attached hydrogens (tertiary/aromatic N) is 2. The molecular weight excluding hydrogens is 1190 g/mol. The number of H-pyrrole nitrogens is 2. The maximum Gasteiger partial charge on any atom is 0.172 e. The van der Waals surface area contributed by atoms with E-state index in [1.54, 1.807) is 71.2 Å². The number of nitrogens with one attached hydrogen (secondary N) is 2. The van der Waals surface area contributed by atoms with Crippen molar-refractivity contribution in [2.24, 2.45) is 0 Å². The first-order chi connectivity index (χ1) is 43.6. The summed E-state index contributed by atoms with van der Waals surface area (Å²) in [4.78, 5) is 6.51. The van der Waals surface area contributed by atoms with Crippen LogP contribution in [0.4, 0.5) is 0 Å². The molecule has 88 heavy (non-hydrogen) atoms. The van der Waals surface area contributed by atoms with Crippen LogP contribution in [0, 0.1) is 0 Å². The molecule has 0 fully saturated rings. The molecule has 0 aliphatic heterocycles. The van der Waals surface area contributed by atoms with Crippen LogP contribution in [-0.2, 0) is 12.8 Å². The summed E-state index contributed by atoms with van der Waals surface area (Å²) in [5.41, 5.74) is 13.0. The second kappa shape index (κ2) is 28.0. The van der Waals surface area contributed by atoms with Crippen LogP contribution >= 0.6 is 57.1 Å². The molecule has 12 heterocycles. The first-order valence-corrected chi connectivity index (χ1v) is 32.5. The Balaban J connectivity index is 0.0000000921. The summed E-state index contributed by atoms with van der Waals surface area (Å²) in [6, 6.07) is 73.9. The van der Waals surface area contributed by atoms with E-state index in [4.69, 9.17) is 22.1 Å². The van der Waals surface area contributed by atoms with Crippen molar-refractivity contribution in [3.63, 3.8) is 0 Å². The molecule has 2 N–H and O–H groups in total. The van der Waals surface area contributed by atoms with Crippen molar-refractivity contribution in [2.45, 2.75) is 12.8 Å². The van der Waals surface area contributed by atoms with Crippen molar-refractivity contribution in [2.75, 3.05) is 0 Å². The molecule has 2 aliphatic rings. The van der Waals surface area contributed by atoms with Crippen molar-refractivity contribution < 1.29 is 22.1 Å². The molecule has 0 saturated heterocycles. The van der Waals surface area contributed by atoms with E-state index in [1.807, 2.05) is 108 Å². The van der Waals surface area contributed by atoms with Gasteiger partial charge in [0, 0.05) is 91.7 Å². The van der Waals surface area contributed by atoms with Crippen LogP contribution in [0.3, 0.4) is 0 Å². The number of rotatable bonds is 0. The number of aromatic amines is 2. The number of para-hydroxylation sites is 4. The molecular formula is C74H54N4O5S5. The van der Waals surface area contributed by atoms with Crippen molar-refractivity contribution in [3.8, 4) is 0 Å². The maximum atomic E-state index is 5.65. The predicted octanol–water partition coefficient (Wildman–Crippen LogP) is 23.6. The summed E-state index contributed by atoms with van der Waals surface area (Å²) in [6.07, 6.45) is 19.2. The van der Waals surface area contributed by atoms with Crippen LogP contribution in [0.2, 0.25) is 0 Å². The topological polar surface area (TPSA) is 123 Å². The summed E-state index contributed by atoms with van der Waals surface area (Å²) in [5.74, 6) is 1.03. The zero-order valence-electron chi connectivity index (χ0n) is 47.1. The van der Waals surface area contributed by atoms with Gasteiger partial charge in [-0.15, -0.1) is 45.3 Å². The molecule has 19 aromatic rings. The maximum absolute atomic E-state index is 5.65. The lowest BCUT2D eigenvalue weighted by Crippen LogP contribution is -1.70. The van der Waals surface area contributed by atoms with Gasteiger partial charge in [0.1, 0.15) is 33.5 Å². The Morgan fingerprint density at radius 2 is 0.841 bits per heavy atom. The third-order valence-electron chi connectivity index (χ3n) is 14.2. The van der Waals surface area contributed by atoms with Crippen molar-refractivity contribution in [3.05, 3.63) is 301 Å². The molecule has 430 valence electrons. The molecule has 2 aliphatic carbocycles. The van der Waals surface area contributed by atoms with Crippen LogP contribution in [0.5, 0.6) is 0 Å². The molecule has 7 aromatic carbocycles.